The highest BCUT2D eigenvalue weighted by Crippen LogP contribution is 2.39. The predicted octanol–water partition coefficient (Wildman–Crippen LogP) is 2.01. The van der Waals surface area contributed by atoms with Gasteiger partial charge >= 0.3 is 0 Å². The molecule has 1 fully saturated rings. The first-order valence-corrected chi connectivity index (χ1v) is 7.04. The number of imidazole rings is 1. The molecule has 2 aromatic rings. The lowest BCUT2D eigenvalue weighted by Crippen LogP contribution is -2.13. The summed E-state index contributed by atoms with van der Waals surface area (Å²) in [7, 11) is 1.90. The van der Waals surface area contributed by atoms with Crippen LogP contribution in [0.4, 0.5) is 11.6 Å². The molecule has 0 amide bonds. The molecule has 0 atom stereocenters. The lowest BCUT2D eigenvalue weighted by molar-refractivity contribution is 0.723. The highest BCUT2D eigenvalue weighted by atomic mass is 15.1. The minimum absolute atomic E-state index is 0.553. The quantitative estimate of drug-likeness (QED) is 0.842. The molecule has 0 radical (unpaired) electrons. The van der Waals surface area contributed by atoms with Crippen molar-refractivity contribution in [3.63, 3.8) is 0 Å². The summed E-state index contributed by atoms with van der Waals surface area (Å²) >= 11 is 0. The molecule has 0 bridgehead atoms. The van der Waals surface area contributed by atoms with E-state index in [0.29, 0.717) is 5.92 Å². The van der Waals surface area contributed by atoms with Crippen molar-refractivity contribution in [2.75, 3.05) is 24.2 Å². The largest absolute Gasteiger partial charge is 0.373 e. The molecular formula is C14H20N6. The van der Waals surface area contributed by atoms with E-state index in [-0.39, 0.29) is 0 Å². The summed E-state index contributed by atoms with van der Waals surface area (Å²) in [4.78, 5) is 13.3. The topological polar surface area (TPSA) is 67.7 Å². The van der Waals surface area contributed by atoms with Gasteiger partial charge < -0.3 is 15.2 Å². The van der Waals surface area contributed by atoms with Gasteiger partial charge in [-0.1, -0.05) is 0 Å². The van der Waals surface area contributed by atoms with E-state index in [4.69, 9.17) is 0 Å². The maximum atomic E-state index is 4.67. The van der Waals surface area contributed by atoms with Crippen molar-refractivity contribution in [2.24, 2.45) is 0 Å². The highest BCUT2D eigenvalue weighted by molar-refractivity contribution is 5.57. The molecule has 2 aromatic heterocycles. The number of anilines is 2. The zero-order valence-corrected chi connectivity index (χ0v) is 11.9. The summed E-state index contributed by atoms with van der Waals surface area (Å²) < 4.78 is 2.05. The summed E-state index contributed by atoms with van der Waals surface area (Å²) in [5.41, 5.74) is 1.07. The van der Waals surface area contributed by atoms with Crippen LogP contribution in [0.25, 0.3) is 0 Å². The fourth-order valence-corrected chi connectivity index (χ4v) is 2.20. The standard InChI is InChI=1S/C14H20N6/c1-10-12(15-2)18-14(11-3-4-11)19-13(10)17-6-8-20-7-5-16-9-20/h5,7,9,11H,3-4,6,8H2,1-2H3,(H2,15,17,18,19). The Balaban J connectivity index is 1.72. The molecule has 2 N–H and O–H groups in total. The maximum Gasteiger partial charge on any atom is 0.136 e. The van der Waals surface area contributed by atoms with E-state index in [1.54, 1.807) is 6.20 Å². The Kier molecular flexibility index (Phi) is 3.54. The van der Waals surface area contributed by atoms with Gasteiger partial charge in [0.1, 0.15) is 17.5 Å². The van der Waals surface area contributed by atoms with Crippen LogP contribution in [-0.4, -0.2) is 33.1 Å². The average Bonchev–Trinajstić information content (AvgIpc) is 3.18. The molecule has 0 aliphatic heterocycles. The monoisotopic (exact) mass is 272 g/mol. The third-order valence-corrected chi connectivity index (χ3v) is 3.56. The molecule has 106 valence electrons. The van der Waals surface area contributed by atoms with Gasteiger partial charge in [0.05, 0.1) is 6.33 Å². The van der Waals surface area contributed by atoms with Crippen LogP contribution in [0.5, 0.6) is 0 Å². The van der Waals surface area contributed by atoms with Gasteiger partial charge in [-0.2, -0.15) is 0 Å². The van der Waals surface area contributed by atoms with Crippen LogP contribution in [-0.2, 0) is 6.54 Å². The van der Waals surface area contributed by atoms with E-state index < -0.39 is 0 Å². The van der Waals surface area contributed by atoms with Crippen LogP contribution in [0.3, 0.4) is 0 Å². The van der Waals surface area contributed by atoms with Crippen LogP contribution < -0.4 is 10.6 Å². The first kappa shape index (κ1) is 12.9. The average molecular weight is 272 g/mol. The fourth-order valence-electron chi connectivity index (χ4n) is 2.20. The van der Waals surface area contributed by atoms with Gasteiger partial charge in [-0.05, 0) is 19.8 Å². The first-order valence-electron chi connectivity index (χ1n) is 7.04. The molecule has 20 heavy (non-hydrogen) atoms. The zero-order valence-electron chi connectivity index (χ0n) is 11.9. The third-order valence-electron chi connectivity index (χ3n) is 3.56. The summed E-state index contributed by atoms with van der Waals surface area (Å²) in [6.45, 7) is 3.74. The van der Waals surface area contributed by atoms with Crippen molar-refractivity contribution >= 4 is 11.6 Å². The summed E-state index contributed by atoms with van der Waals surface area (Å²) in [6, 6.07) is 0. The minimum atomic E-state index is 0.553. The molecule has 0 spiro atoms. The fraction of sp³-hybridized carbons (Fsp3) is 0.500. The van der Waals surface area contributed by atoms with Crippen LogP contribution in [0.1, 0.15) is 30.1 Å². The molecular weight excluding hydrogens is 252 g/mol. The maximum absolute atomic E-state index is 4.67. The Morgan fingerprint density at radius 2 is 2.10 bits per heavy atom. The van der Waals surface area contributed by atoms with E-state index in [9.17, 15) is 0 Å². The molecule has 1 aliphatic carbocycles. The van der Waals surface area contributed by atoms with E-state index in [1.807, 2.05) is 31.1 Å². The Morgan fingerprint density at radius 1 is 1.30 bits per heavy atom. The number of rotatable bonds is 6. The predicted molar refractivity (Wildman–Crippen MR) is 79.0 cm³/mol. The normalized spacial score (nSPS) is 14.3. The number of nitrogens with one attached hydrogen (secondary N) is 2. The number of hydrogen-bond acceptors (Lipinski definition) is 5. The van der Waals surface area contributed by atoms with E-state index >= 15 is 0 Å². The van der Waals surface area contributed by atoms with E-state index in [1.165, 1.54) is 12.8 Å². The van der Waals surface area contributed by atoms with Crippen LogP contribution in [0, 0.1) is 6.92 Å². The van der Waals surface area contributed by atoms with Crippen LogP contribution in [0.2, 0.25) is 0 Å². The molecule has 3 rings (SSSR count). The number of nitrogens with zero attached hydrogens (tertiary/aromatic N) is 4. The first-order chi connectivity index (χ1) is 9.78. The third kappa shape index (κ3) is 2.74. The van der Waals surface area contributed by atoms with Gasteiger partial charge in [0.15, 0.2) is 0 Å². The Labute approximate surface area is 118 Å². The van der Waals surface area contributed by atoms with Gasteiger partial charge in [-0.3, -0.25) is 0 Å². The van der Waals surface area contributed by atoms with Crippen LogP contribution in [0.15, 0.2) is 18.7 Å². The molecule has 0 saturated heterocycles. The smallest absolute Gasteiger partial charge is 0.136 e. The van der Waals surface area contributed by atoms with Gasteiger partial charge in [0.25, 0.3) is 0 Å². The van der Waals surface area contributed by atoms with Crippen molar-refractivity contribution in [3.8, 4) is 0 Å². The lowest BCUT2D eigenvalue weighted by atomic mass is 10.2. The number of hydrogen-bond donors (Lipinski definition) is 2. The molecule has 0 unspecified atom stereocenters. The summed E-state index contributed by atoms with van der Waals surface area (Å²) in [5, 5.41) is 6.57. The SMILES string of the molecule is CNc1nc(C2CC2)nc(NCCn2ccnc2)c1C. The van der Waals surface area contributed by atoms with Crippen molar-refractivity contribution < 1.29 is 0 Å². The van der Waals surface area contributed by atoms with Gasteiger partial charge in [0, 0.05) is 44.0 Å². The van der Waals surface area contributed by atoms with Crippen molar-refractivity contribution in [1.82, 2.24) is 19.5 Å². The minimum Gasteiger partial charge on any atom is -0.373 e. The van der Waals surface area contributed by atoms with Gasteiger partial charge in [0.2, 0.25) is 0 Å². The summed E-state index contributed by atoms with van der Waals surface area (Å²) in [6.07, 6.45) is 7.99. The Morgan fingerprint density at radius 3 is 2.75 bits per heavy atom. The molecule has 6 heteroatoms. The second-order valence-electron chi connectivity index (χ2n) is 5.16. The molecule has 2 heterocycles. The Bertz CT molecular complexity index is 574. The molecule has 6 nitrogen and oxygen atoms in total. The Hall–Kier alpha value is -2.11. The second-order valence-corrected chi connectivity index (χ2v) is 5.16. The van der Waals surface area contributed by atoms with E-state index in [2.05, 4.69) is 25.6 Å². The number of aromatic nitrogens is 4. The molecule has 0 aromatic carbocycles. The zero-order chi connectivity index (χ0) is 13.9. The summed E-state index contributed by atoms with van der Waals surface area (Å²) in [5.74, 6) is 3.38. The van der Waals surface area contributed by atoms with Crippen molar-refractivity contribution in [2.45, 2.75) is 32.2 Å². The van der Waals surface area contributed by atoms with Crippen molar-refractivity contribution in [3.05, 3.63) is 30.1 Å². The van der Waals surface area contributed by atoms with Crippen LogP contribution >= 0.6 is 0 Å². The van der Waals surface area contributed by atoms with Crippen molar-refractivity contribution in [1.29, 1.82) is 0 Å². The van der Waals surface area contributed by atoms with E-state index in [0.717, 1.165) is 36.1 Å². The molecule has 1 saturated carbocycles. The van der Waals surface area contributed by atoms with Gasteiger partial charge in [-0.25, -0.2) is 15.0 Å². The highest BCUT2D eigenvalue weighted by Gasteiger charge is 2.28. The van der Waals surface area contributed by atoms with Gasteiger partial charge in [-0.15, -0.1) is 0 Å². The molecule has 1 aliphatic rings. The lowest BCUT2D eigenvalue weighted by Gasteiger charge is -2.13. The second kappa shape index (κ2) is 5.48.